The third-order valence-corrected chi connectivity index (χ3v) is 4.54. The van der Waals surface area contributed by atoms with Crippen molar-refractivity contribution in [3.8, 4) is 5.75 Å². The van der Waals surface area contributed by atoms with Gasteiger partial charge in [0.25, 0.3) is 5.91 Å². The lowest BCUT2D eigenvalue weighted by atomic mass is 9.98. The minimum atomic E-state index is -0.342. The average Bonchev–Trinajstić information content (AvgIpc) is 2.65. The highest BCUT2D eigenvalue weighted by Crippen LogP contribution is 2.36. The zero-order valence-electron chi connectivity index (χ0n) is 15.0. The van der Waals surface area contributed by atoms with Gasteiger partial charge in [0.1, 0.15) is 11.9 Å². The maximum Gasteiger partial charge on any atom is 0.255 e. The zero-order chi connectivity index (χ0) is 18.1. The minimum absolute atomic E-state index is 0.0768. The molecule has 1 amide bonds. The van der Waals surface area contributed by atoms with Gasteiger partial charge in [-0.1, -0.05) is 56.3 Å². The molecule has 1 aliphatic heterocycles. The molecule has 0 radical (unpaired) electrons. The number of amides is 1. The molecule has 4 rings (SSSR count). The SMILES string of the molecule is CC(C)COc1ccc2ccccc2c1C1NC(=O)c2ccccc2N1. The summed E-state index contributed by atoms with van der Waals surface area (Å²) in [5.41, 5.74) is 2.46. The number of para-hydroxylation sites is 1. The van der Waals surface area contributed by atoms with Crippen LogP contribution in [0, 0.1) is 5.92 Å². The van der Waals surface area contributed by atoms with Crippen molar-refractivity contribution in [2.45, 2.75) is 20.0 Å². The van der Waals surface area contributed by atoms with Gasteiger partial charge in [-0.25, -0.2) is 0 Å². The first-order valence-corrected chi connectivity index (χ1v) is 8.94. The Labute approximate surface area is 153 Å². The summed E-state index contributed by atoms with van der Waals surface area (Å²) in [6, 6.07) is 19.8. The van der Waals surface area contributed by atoms with Crippen LogP contribution in [0.25, 0.3) is 10.8 Å². The van der Waals surface area contributed by atoms with Gasteiger partial charge in [-0.05, 0) is 34.9 Å². The van der Waals surface area contributed by atoms with E-state index in [4.69, 9.17) is 4.74 Å². The Morgan fingerprint density at radius 3 is 2.58 bits per heavy atom. The lowest BCUT2D eigenvalue weighted by Crippen LogP contribution is -2.38. The van der Waals surface area contributed by atoms with E-state index in [9.17, 15) is 4.79 Å². The molecule has 2 N–H and O–H groups in total. The first-order chi connectivity index (χ1) is 12.6. The van der Waals surface area contributed by atoms with Gasteiger partial charge < -0.3 is 15.4 Å². The molecule has 0 aliphatic carbocycles. The Morgan fingerprint density at radius 2 is 1.73 bits per heavy atom. The maximum absolute atomic E-state index is 12.6. The van der Waals surface area contributed by atoms with Crippen LogP contribution in [0.1, 0.15) is 35.9 Å². The summed E-state index contributed by atoms with van der Waals surface area (Å²) >= 11 is 0. The van der Waals surface area contributed by atoms with Gasteiger partial charge in [0.05, 0.1) is 12.2 Å². The second-order valence-corrected chi connectivity index (χ2v) is 7.00. The molecule has 1 heterocycles. The van der Waals surface area contributed by atoms with Crippen LogP contribution in [0.15, 0.2) is 60.7 Å². The van der Waals surface area contributed by atoms with Crippen LogP contribution < -0.4 is 15.4 Å². The fourth-order valence-corrected chi connectivity index (χ4v) is 3.31. The van der Waals surface area contributed by atoms with Crippen molar-refractivity contribution in [1.82, 2.24) is 5.32 Å². The number of rotatable bonds is 4. The molecule has 0 fully saturated rings. The summed E-state index contributed by atoms with van der Waals surface area (Å²) in [5, 5.41) is 8.73. The number of carbonyl (C=O) groups excluding carboxylic acids is 1. The summed E-state index contributed by atoms with van der Waals surface area (Å²) in [6.45, 7) is 4.87. The van der Waals surface area contributed by atoms with E-state index < -0.39 is 0 Å². The van der Waals surface area contributed by atoms with Crippen LogP contribution >= 0.6 is 0 Å². The van der Waals surface area contributed by atoms with Crippen LogP contribution in [0.4, 0.5) is 5.69 Å². The van der Waals surface area contributed by atoms with Crippen molar-refractivity contribution in [2.75, 3.05) is 11.9 Å². The molecule has 4 heteroatoms. The summed E-state index contributed by atoms with van der Waals surface area (Å²) in [6.07, 6.45) is -0.342. The summed E-state index contributed by atoms with van der Waals surface area (Å²) in [5.74, 6) is 1.14. The van der Waals surface area contributed by atoms with Gasteiger partial charge in [0, 0.05) is 11.3 Å². The standard InChI is InChI=1S/C22H22N2O2/c1-14(2)13-26-19-12-11-15-7-3-4-8-16(15)20(19)21-23-18-10-6-5-9-17(18)22(25)24-21/h3-12,14,21,23H,13H2,1-2H3,(H,24,25). The summed E-state index contributed by atoms with van der Waals surface area (Å²) in [7, 11) is 0. The number of hydrogen-bond donors (Lipinski definition) is 2. The molecule has 132 valence electrons. The lowest BCUT2D eigenvalue weighted by Gasteiger charge is -2.30. The number of carbonyl (C=O) groups is 1. The highest BCUT2D eigenvalue weighted by molar-refractivity contribution is 6.02. The molecule has 4 nitrogen and oxygen atoms in total. The fourth-order valence-electron chi connectivity index (χ4n) is 3.31. The number of fused-ring (bicyclic) bond motifs is 2. The van der Waals surface area contributed by atoms with Crippen LogP contribution in [0.3, 0.4) is 0 Å². The monoisotopic (exact) mass is 346 g/mol. The minimum Gasteiger partial charge on any atom is -0.493 e. The number of benzene rings is 3. The Balaban J connectivity index is 1.82. The summed E-state index contributed by atoms with van der Waals surface area (Å²) in [4.78, 5) is 12.6. The van der Waals surface area contributed by atoms with Crippen molar-refractivity contribution in [2.24, 2.45) is 5.92 Å². The highest BCUT2D eigenvalue weighted by Gasteiger charge is 2.27. The molecule has 0 aromatic heterocycles. The first-order valence-electron chi connectivity index (χ1n) is 8.94. The van der Waals surface area contributed by atoms with Crippen LogP contribution in [0.2, 0.25) is 0 Å². The van der Waals surface area contributed by atoms with Crippen molar-refractivity contribution in [1.29, 1.82) is 0 Å². The normalized spacial score (nSPS) is 16.1. The Morgan fingerprint density at radius 1 is 0.962 bits per heavy atom. The van der Waals surface area contributed by atoms with Gasteiger partial charge >= 0.3 is 0 Å². The van der Waals surface area contributed by atoms with Crippen molar-refractivity contribution < 1.29 is 9.53 Å². The molecule has 0 saturated heterocycles. The van der Waals surface area contributed by atoms with Crippen molar-refractivity contribution >= 4 is 22.4 Å². The third kappa shape index (κ3) is 2.99. The molecule has 0 saturated carbocycles. The molecule has 1 unspecified atom stereocenters. The smallest absolute Gasteiger partial charge is 0.255 e. The van der Waals surface area contributed by atoms with E-state index in [1.165, 1.54) is 0 Å². The van der Waals surface area contributed by atoms with Gasteiger partial charge in [0.15, 0.2) is 0 Å². The fraction of sp³-hybridized carbons (Fsp3) is 0.227. The van der Waals surface area contributed by atoms with Crippen LogP contribution in [-0.2, 0) is 0 Å². The topological polar surface area (TPSA) is 50.4 Å². The molecule has 1 atom stereocenters. The predicted molar refractivity (Wildman–Crippen MR) is 105 cm³/mol. The van der Waals surface area contributed by atoms with Crippen LogP contribution in [-0.4, -0.2) is 12.5 Å². The Hall–Kier alpha value is -3.01. The number of ether oxygens (including phenoxy) is 1. The van der Waals surface area contributed by atoms with Gasteiger partial charge in [-0.3, -0.25) is 4.79 Å². The van der Waals surface area contributed by atoms with E-state index in [0.717, 1.165) is 27.8 Å². The maximum atomic E-state index is 12.6. The number of hydrogen-bond acceptors (Lipinski definition) is 3. The van der Waals surface area contributed by atoms with Crippen molar-refractivity contribution in [3.63, 3.8) is 0 Å². The number of nitrogens with one attached hydrogen (secondary N) is 2. The van der Waals surface area contributed by atoms with E-state index in [-0.39, 0.29) is 12.1 Å². The molecule has 0 spiro atoms. The quantitative estimate of drug-likeness (QED) is 0.718. The molecule has 26 heavy (non-hydrogen) atoms. The van der Waals surface area contributed by atoms with E-state index >= 15 is 0 Å². The Kier molecular flexibility index (Phi) is 4.25. The molecule has 0 bridgehead atoms. The van der Waals surface area contributed by atoms with Crippen molar-refractivity contribution in [3.05, 3.63) is 71.8 Å². The van der Waals surface area contributed by atoms with Gasteiger partial charge in [-0.2, -0.15) is 0 Å². The summed E-state index contributed by atoms with van der Waals surface area (Å²) < 4.78 is 6.09. The molecular weight excluding hydrogens is 324 g/mol. The predicted octanol–water partition coefficient (Wildman–Crippen LogP) is 4.73. The van der Waals surface area contributed by atoms with Gasteiger partial charge in [-0.15, -0.1) is 0 Å². The lowest BCUT2D eigenvalue weighted by molar-refractivity contribution is 0.0935. The van der Waals surface area contributed by atoms with E-state index in [1.54, 1.807) is 0 Å². The Bertz CT molecular complexity index is 965. The largest absolute Gasteiger partial charge is 0.493 e. The average molecular weight is 346 g/mol. The first kappa shape index (κ1) is 16.5. The molecular formula is C22H22N2O2. The third-order valence-electron chi connectivity index (χ3n) is 4.54. The van der Waals surface area contributed by atoms with E-state index in [2.05, 4.69) is 42.7 Å². The van der Waals surface area contributed by atoms with Crippen LogP contribution in [0.5, 0.6) is 5.75 Å². The van der Waals surface area contributed by atoms with Gasteiger partial charge in [0.2, 0.25) is 0 Å². The number of anilines is 1. The zero-order valence-corrected chi connectivity index (χ0v) is 15.0. The van der Waals surface area contributed by atoms with E-state index in [0.29, 0.717) is 18.1 Å². The second-order valence-electron chi connectivity index (χ2n) is 7.00. The molecule has 3 aromatic rings. The second kappa shape index (κ2) is 6.71. The molecule has 3 aromatic carbocycles. The molecule has 1 aliphatic rings. The highest BCUT2D eigenvalue weighted by atomic mass is 16.5. The van der Waals surface area contributed by atoms with E-state index in [1.807, 2.05) is 42.5 Å².